The smallest absolute Gasteiger partial charge is 0.135 e. The molecule has 0 atom stereocenters. The summed E-state index contributed by atoms with van der Waals surface area (Å²) in [7, 11) is 0. The van der Waals surface area contributed by atoms with Gasteiger partial charge in [0.05, 0.1) is 10.6 Å². The summed E-state index contributed by atoms with van der Waals surface area (Å²) in [5, 5.41) is 8.66. The van der Waals surface area contributed by atoms with Crippen molar-refractivity contribution in [2.75, 3.05) is 5.75 Å². The van der Waals surface area contributed by atoms with Crippen molar-refractivity contribution in [3.8, 4) is 0 Å². The van der Waals surface area contributed by atoms with Gasteiger partial charge >= 0.3 is 0 Å². The topological polar surface area (TPSA) is 62.8 Å². The normalized spacial score (nSPS) is 11.8. The van der Waals surface area contributed by atoms with E-state index in [1.54, 1.807) is 11.3 Å². The molecule has 0 fully saturated rings. The lowest BCUT2D eigenvalue weighted by molar-refractivity contribution is 0.570. The van der Waals surface area contributed by atoms with Gasteiger partial charge in [-0.05, 0) is 5.75 Å². The summed E-state index contributed by atoms with van der Waals surface area (Å²) in [4.78, 5) is 5.45. The van der Waals surface area contributed by atoms with E-state index in [-0.39, 0.29) is 11.3 Å². The first-order chi connectivity index (χ1) is 7.36. The van der Waals surface area contributed by atoms with Crippen LogP contribution in [0.2, 0.25) is 0 Å². The van der Waals surface area contributed by atoms with E-state index in [0.717, 1.165) is 27.1 Å². The molecule has 1 heterocycles. The highest BCUT2D eigenvalue weighted by Crippen LogP contribution is 2.30. The van der Waals surface area contributed by atoms with E-state index in [1.807, 2.05) is 11.8 Å². The van der Waals surface area contributed by atoms with Gasteiger partial charge in [-0.1, -0.05) is 27.7 Å². The Morgan fingerprint density at radius 2 is 2.12 bits per heavy atom. The lowest BCUT2D eigenvalue weighted by atomic mass is 9.91. The van der Waals surface area contributed by atoms with Crippen molar-refractivity contribution in [2.24, 2.45) is 5.73 Å². The van der Waals surface area contributed by atoms with E-state index in [9.17, 15) is 0 Å². The Hall–Kier alpha value is -0.550. The van der Waals surface area contributed by atoms with Gasteiger partial charge < -0.3 is 5.73 Å². The second-order valence-corrected chi connectivity index (χ2v) is 6.94. The Kier molecular flexibility index (Phi) is 4.38. The minimum Gasteiger partial charge on any atom is -0.383 e. The highest BCUT2D eigenvalue weighted by molar-refractivity contribution is 7.98. The highest BCUT2D eigenvalue weighted by Gasteiger charge is 2.24. The Morgan fingerprint density at radius 3 is 2.50 bits per heavy atom. The van der Waals surface area contributed by atoms with Crippen LogP contribution >= 0.6 is 23.1 Å². The van der Waals surface area contributed by atoms with Crippen LogP contribution < -0.4 is 5.73 Å². The molecule has 0 saturated heterocycles. The van der Waals surface area contributed by atoms with Crippen LogP contribution in [0.25, 0.3) is 0 Å². The SMILES string of the molecule is CCSCc1nc(C(C)(C)C)c(C(=N)N)s1. The van der Waals surface area contributed by atoms with Gasteiger partial charge in [0.2, 0.25) is 0 Å². The standard InChI is InChI=1S/C11H19N3S2/c1-5-15-6-7-14-9(11(2,3)4)8(16-7)10(12)13/h5-6H2,1-4H3,(H3,12,13). The van der Waals surface area contributed by atoms with Gasteiger partial charge in [0, 0.05) is 11.2 Å². The molecule has 0 amide bonds. The van der Waals surface area contributed by atoms with Crippen molar-refractivity contribution in [3.63, 3.8) is 0 Å². The van der Waals surface area contributed by atoms with Crippen molar-refractivity contribution in [1.29, 1.82) is 5.41 Å². The van der Waals surface area contributed by atoms with Crippen molar-refractivity contribution < 1.29 is 0 Å². The van der Waals surface area contributed by atoms with Gasteiger partial charge in [-0.15, -0.1) is 11.3 Å². The average molecular weight is 257 g/mol. The zero-order valence-electron chi connectivity index (χ0n) is 10.3. The fourth-order valence-electron chi connectivity index (χ4n) is 1.31. The first-order valence-electron chi connectivity index (χ1n) is 5.28. The van der Waals surface area contributed by atoms with Gasteiger partial charge in [-0.25, -0.2) is 4.98 Å². The maximum absolute atomic E-state index is 7.59. The maximum Gasteiger partial charge on any atom is 0.135 e. The maximum atomic E-state index is 7.59. The zero-order chi connectivity index (χ0) is 12.3. The van der Waals surface area contributed by atoms with Crippen LogP contribution in [0.4, 0.5) is 0 Å². The number of rotatable bonds is 4. The Balaban J connectivity index is 3.06. The summed E-state index contributed by atoms with van der Waals surface area (Å²) in [6.45, 7) is 8.44. The summed E-state index contributed by atoms with van der Waals surface area (Å²) in [5.74, 6) is 2.13. The molecular formula is C11H19N3S2. The number of nitrogens with zero attached hydrogens (tertiary/aromatic N) is 1. The molecule has 1 rings (SSSR count). The van der Waals surface area contributed by atoms with E-state index in [4.69, 9.17) is 11.1 Å². The monoisotopic (exact) mass is 257 g/mol. The first-order valence-corrected chi connectivity index (χ1v) is 7.25. The van der Waals surface area contributed by atoms with E-state index >= 15 is 0 Å². The zero-order valence-corrected chi connectivity index (χ0v) is 11.9. The van der Waals surface area contributed by atoms with Crippen LogP contribution in [0.15, 0.2) is 0 Å². The quantitative estimate of drug-likeness (QED) is 0.644. The van der Waals surface area contributed by atoms with Crippen molar-refractivity contribution in [2.45, 2.75) is 38.9 Å². The second kappa shape index (κ2) is 5.19. The molecule has 0 aromatic carbocycles. The molecule has 16 heavy (non-hydrogen) atoms. The number of thiazole rings is 1. The predicted molar refractivity (Wildman–Crippen MR) is 73.7 cm³/mol. The van der Waals surface area contributed by atoms with E-state index < -0.39 is 0 Å². The molecule has 0 radical (unpaired) electrons. The fourth-order valence-corrected chi connectivity index (χ4v) is 3.17. The molecule has 3 N–H and O–H groups in total. The molecule has 0 aliphatic carbocycles. The molecule has 0 aliphatic heterocycles. The molecule has 0 aliphatic rings. The van der Waals surface area contributed by atoms with E-state index in [2.05, 4.69) is 32.7 Å². The van der Waals surface area contributed by atoms with Crippen LogP contribution in [0.3, 0.4) is 0 Å². The second-order valence-electron chi connectivity index (χ2n) is 4.59. The predicted octanol–water partition coefficient (Wildman–Crippen LogP) is 2.98. The Labute approximate surface area is 105 Å². The average Bonchev–Trinajstić information content (AvgIpc) is 2.58. The number of aromatic nitrogens is 1. The number of hydrogen-bond acceptors (Lipinski definition) is 4. The molecule has 0 spiro atoms. The number of hydrogen-bond donors (Lipinski definition) is 2. The molecule has 0 bridgehead atoms. The lowest BCUT2D eigenvalue weighted by Crippen LogP contribution is -2.19. The molecular weight excluding hydrogens is 238 g/mol. The minimum atomic E-state index is -0.0490. The number of thioether (sulfide) groups is 1. The molecule has 1 aromatic heterocycles. The van der Waals surface area contributed by atoms with Crippen LogP contribution in [0, 0.1) is 5.41 Å². The van der Waals surface area contributed by atoms with Crippen molar-refractivity contribution >= 4 is 28.9 Å². The highest BCUT2D eigenvalue weighted by atomic mass is 32.2. The molecule has 0 saturated carbocycles. The first kappa shape index (κ1) is 13.5. The number of amidine groups is 1. The Bertz CT molecular complexity index is 377. The van der Waals surface area contributed by atoms with Crippen LogP contribution in [-0.4, -0.2) is 16.6 Å². The third-order valence-corrected chi connectivity index (χ3v) is 4.21. The molecule has 1 aromatic rings. The molecule has 3 nitrogen and oxygen atoms in total. The Morgan fingerprint density at radius 1 is 1.50 bits per heavy atom. The van der Waals surface area contributed by atoms with Gasteiger partial charge in [-0.2, -0.15) is 11.8 Å². The summed E-state index contributed by atoms with van der Waals surface area (Å²) in [5.41, 5.74) is 6.51. The van der Waals surface area contributed by atoms with Crippen LogP contribution in [-0.2, 0) is 11.2 Å². The lowest BCUT2D eigenvalue weighted by Gasteiger charge is -2.16. The fraction of sp³-hybridized carbons (Fsp3) is 0.636. The summed E-state index contributed by atoms with van der Waals surface area (Å²) >= 11 is 3.40. The molecule has 0 unspecified atom stereocenters. The van der Waals surface area contributed by atoms with Gasteiger partial charge in [-0.3, -0.25) is 5.41 Å². The van der Waals surface area contributed by atoms with Crippen LogP contribution in [0.1, 0.15) is 43.3 Å². The number of nitrogens with two attached hydrogens (primary N) is 1. The van der Waals surface area contributed by atoms with E-state index in [1.165, 1.54) is 0 Å². The van der Waals surface area contributed by atoms with Gasteiger partial charge in [0.25, 0.3) is 0 Å². The molecule has 5 heteroatoms. The summed E-state index contributed by atoms with van der Waals surface area (Å²) in [6.07, 6.45) is 0. The van der Waals surface area contributed by atoms with Gasteiger partial charge in [0.1, 0.15) is 10.8 Å². The third-order valence-electron chi connectivity index (χ3n) is 2.06. The summed E-state index contributed by atoms with van der Waals surface area (Å²) < 4.78 is 0. The third kappa shape index (κ3) is 3.22. The van der Waals surface area contributed by atoms with Crippen molar-refractivity contribution in [3.05, 3.63) is 15.6 Å². The number of nitrogens with one attached hydrogen (secondary N) is 1. The minimum absolute atomic E-state index is 0.0490. The van der Waals surface area contributed by atoms with Crippen molar-refractivity contribution in [1.82, 2.24) is 4.98 Å². The number of nitrogen functional groups attached to an aromatic ring is 1. The molecule has 90 valence electrons. The van der Waals surface area contributed by atoms with Gasteiger partial charge in [0.15, 0.2) is 0 Å². The summed E-state index contributed by atoms with van der Waals surface area (Å²) in [6, 6.07) is 0. The van der Waals surface area contributed by atoms with Crippen LogP contribution in [0.5, 0.6) is 0 Å². The van der Waals surface area contributed by atoms with E-state index in [0.29, 0.717) is 0 Å². The largest absolute Gasteiger partial charge is 0.383 e.